The van der Waals surface area contributed by atoms with Crippen molar-refractivity contribution in [3.8, 4) is 11.5 Å². The predicted molar refractivity (Wildman–Crippen MR) is 130 cm³/mol. The lowest BCUT2D eigenvalue weighted by atomic mass is 9.94. The maximum absolute atomic E-state index is 13.1. The van der Waals surface area contributed by atoms with Crippen LogP contribution in [0.1, 0.15) is 20.7 Å². The number of ether oxygens (including phenoxy) is 2. The first kappa shape index (κ1) is 22.9. The Labute approximate surface area is 203 Å². The molecule has 0 aromatic heterocycles. The number of imide groups is 1. The highest BCUT2D eigenvalue weighted by atomic mass is 16.5. The summed E-state index contributed by atoms with van der Waals surface area (Å²) in [7, 11) is 1.59. The van der Waals surface area contributed by atoms with Crippen LogP contribution in [0.3, 0.4) is 0 Å². The molecule has 0 spiro atoms. The van der Waals surface area contributed by atoms with Gasteiger partial charge in [0.2, 0.25) is 0 Å². The summed E-state index contributed by atoms with van der Waals surface area (Å²) in [5, 5.41) is 1.65. The van der Waals surface area contributed by atoms with Crippen molar-refractivity contribution < 1.29 is 28.8 Å². The standard InChI is InChI=1S/C27H27N3O5/c1-34-20-7-4-8-21(17-20)35-18-24(31)29-14-11-28(12-15-29)13-16-30-26(32)22-9-2-5-19-6-3-10-23(25(19)22)27(30)33/h2-10,17H,11-16,18H2,1H3/p+1. The molecule has 1 fully saturated rings. The minimum absolute atomic E-state index is 0.0236. The van der Waals surface area contributed by atoms with Crippen LogP contribution in [0.25, 0.3) is 10.8 Å². The highest BCUT2D eigenvalue weighted by Gasteiger charge is 2.33. The number of nitrogens with zero attached hydrogens (tertiary/aromatic N) is 2. The third-order valence-corrected chi connectivity index (χ3v) is 6.77. The van der Waals surface area contributed by atoms with E-state index in [0.717, 1.165) is 23.9 Å². The molecule has 1 N–H and O–H groups in total. The van der Waals surface area contributed by atoms with Crippen molar-refractivity contribution in [3.05, 3.63) is 71.8 Å². The van der Waals surface area contributed by atoms with Crippen LogP contribution in [-0.2, 0) is 4.79 Å². The molecule has 3 aromatic rings. The number of quaternary nitrogens is 1. The Morgan fingerprint density at radius 3 is 2.20 bits per heavy atom. The number of methoxy groups -OCH3 is 1. The molecule has 180 valence electrons. The lowest BCUT2D eigenvalue weighted by Crippen LogP contribution is -3.15. The summed E-state index contributed by atoms with van der Waals surface area (Å²) < 4.78 is 10.8. The first-order chi connectivity index (χ1) is 17.0. The number of hydrogen-bond donors (Lipinski definition) is 1. The summed E-state index contributed by atoms with van der Waals surface area (Å²) in [4.78, 5) is 43.2. The summed E-state index contributed by atoms with van der Waals surface area (Å²) in [6.07, 6.45) is 0. The Bertz CT molecular complexity index is 1230. The molecular weight excluding hydrogens is 446 g/mol. The Hall–Kier alpha value is -3.91. The van der Waals surface area contributed by atoms with E-state index in [2.05, 4.69) is 0 Å². The Morgan fingerprint density at radius 1 is 0.914 bits per heavy atom. The van der Waals surface area contributed by atoms with Crippen LogP contribution < -0.4 is 14.4 Å². The molecule has 1 saturated heterocycles. The quantitative estimate of drug-likeness (QED) is 0.522. The highest BCUT2D eigenvalue weighted by Crippen LogP contribution is 2.29. The van der Waals surface area contributed by atoms with Gasteiger partial charge in [0.15, 0.2) is 6.61 Å². The topological polar surface area (TPSA) is 80.6 Å². The minimum atomic E-state index is -0.234. The van der Waals surface area contributed by atoms with E-state index in [1.54, 1.807) is 36.3 Å². The van der Waals surface area contributed by atoms with Crippen LogP contribution in [0.5, 0.6) is 11.5 Å². The molecule has 3 aromatic carbocycles. The van der Waals surface area contributed by atoms with Crippen molar-refractivity contribution in [3.63, 3.8) is 0 Å². The number of rotatable bonds is 7. The highest BCUT2D eigenvalue weighted by molar-refractivity contribution is 6.25. The maximum atomic E-state index is 13.1. The predicted octanol–water partition coefficient (Wildman–Crippen LogP) is 1.25. The van der Waals surface area contributed by atoms with E-state index in [1.165, 1.54) is 9.80 Å². The van der Waals surface area contributed by atoms with Gasteiger partial charge in [0.25, 0.3) is 17.7 Å². The zero-order valence-corrected chi connectivity index (χ0v) is 19.7. The van der Waals surface area contributed by atoms with Crippen molar-refractivity contribution in [2.45, 2.75) is 0 Å². The van der Waals surface area contributed by atoms with Gasteiger partial charge >= 0.3 is 0 Å². The van der Waals surface area contributed by atoms with Gasteiger partial charge < -0.3 is 19.3 Å². The van der Waals surface area contributed by atoms with Crippen molar-refractivity contribution >= 4 is 28.5 Å². The summed E-state index contributed by atoms with van der Waals surface area (Å²) in [6.45, 7) is 3.72. The molecule has 0 unspecified atom stereocenters. The molecule has 5 rings (SSSR count). The summed E-state index contributed by atoms with van der Waals surface area (Å²) >= 11 is 0. The number of nitrogens with one attached hydrogen (secondary N) is 1. The third kappa shape index (κ3) is 4.57. The van der Waals surface area contributed by atoms with Crippen LogP contribution in [0.4, 0.5) is 0 Å². The molecular formula is C27H28N3O5+. The minimum Gasteiger partial charge on any atom is -0.497 e. The normalized spacial score (nSPS) is 16.0. The van der Waals surface area contributed by atoms with Crippen LogP contribution in [0.15, 0.2) is 60.7 Å². The fraction of sp³-hybridized carbons (Fsp3) is 0.296. The lowest BCUT2D eigenvalue weighted by Gasteiger charge is -2.34. The zero-order valence-electron chi connectivity index (χ0n) is 19.7. The second-order valence-corrected chi connectivity index (χ2v) is 8.82. The molecule has 2 heterocycles. The van der Waals surface area contributed by atoms with Crippen molar-refractivity contribution in [2.75, 3.05) is 53.0 Å². The molecule has 2 aliphatic heterocycles. The first-order valence-electron chi connectivity index (χ1n) is 11.8. The van der Waals surface area contributed by atoms with Gasteiger partial charge in [0.1, 0.15) is 11.5 Å². The number of piperazine rings is 1. The number of carbonyl (C=O) groups excluding carboxylic acids is 3. The number of benzene rings is 3. The molecule has 8 nitrogen and oxygen atoms in total. The fourth-order valence-corrected chi connectivity index (χ4v) is 4.80. The summed E-state index contributed by atoms with van der Waals surface area (Å²) in [6, 6.07) is 18.3. The largest absolute Gasteiger partial charge is 0.497 e. The van der Waals surface area contributed by atoms with E-state index < -0.39 is 0 Å². The third-order valence-electron chi connectivity index (χ3n) is 6.77. The van der Waals surface area contributed by atoms with E-state index in [0.29, 0.717) is 48.8 Å². The van der Waals surface area contributed by atoms with E-state index in [4.69, 9.17) is 9.47 Å². The van der Waals surface area contributed by atoms with Gasteiger partial charge in [-0.1, -0.05) is 30.3 Å². The van der Waals surface area contributed by atoms with Crippen LogP contribution in [0.2, 0.25) is 0 Å². The molecule has 2 aliphatic rings. The van der Waals surface area contributed by atoms with Crippen molar-refractivity contribution in [2.24, 2.45) is 0 Å². The van der Waals surface area contributed by atoms with E-state index >= 15 is 0 Å². The fourth-order valence-electron chi connectivity index (χ4n) is 4.80. The molecule has 3 amide bonds. The van der Waals surface area contributed by atoms with Crippen LogP contribution in [-0.4, -0.2) is 80.5 Å². The van der Waals surface area contributed by atoms with Gasteiger partial charge in [-0.15, -0.1) is 0 Å². The Balaban J connectivity index is 1.13. The smallest absolute Gasteiger partial charge is 0.261 e. The van der Waals surface area contributed by atoms with Gasteiger partial charge in [-0.3, -0.25) is 19.3 Å². The van der Waals surface area contributed by atoms with Crippen molar-refractivity contribution in [1.82, 2.24) is 9.80 Å². The molecule has 0 atom stereocenters. The van der Waals surface area contributed by atoms with Gasteiger partial charge in [0, 0.05) is 22.6 Å². The summed E-state index contributed by atoms with van der Waals surface area (Å²) in [5.74, 6) is 0.746. The lowest BCUT2D eigenvalue weighted by molar-refractivity contribution is -0.903. The Kier molecular flexibility index (Phi) is 6.37. The van der Waals surface area contributed by atoms with E-state index in [1.807, 2.05) is 36.4 Å². The van der Waals surface area contributed by atoms with E-state index in [-0.39, 0.29) is 24.3 Å². The van der Waals surface area contributed by atoms with E-state index in [9.17, 15) is 14.4 Å². The van der Waals surface area contributed by atoms with Gasteiger partial charge in [-0.2, -0.15) is 0 Å². The molecule has 0 saturated carbocycles. The van der Waals surface area contributed by atoms with Gasteiger partial charge in [-0.05, 0) is 29.7 Å². The average Bonchev–Trinajstić information content (AvgIpc) is 2.90. The maximum Gasteiger partial charge on any atom is 0.261 e. The average molecular weight is 475 g/mol. The molecule has 0 aliphatic carbocycles. The first-order valence-corrected chi connectivity index (χ1v) is 11.8. The second-order valence-electron chi connectivity index (χ2n) is 8.82. The van der Waals surface area contributed by atoms with Crippen molar-refractivity contribution in [1.29, 1.82) is 0 Å². The second kappa shape index (κ2) is 9.76. The number of amides is 3. The Morgan fingerprint density at radius 2 is 1.54 bits per heavy atom. The molecule has 35 heavy (non-hydrogen) atoms. The van der Waals surface area contributed by atoms with Gasteiger partial charge in [-0.25, -0.2) is 0 Å². The molecule has 0 bridgehead atoms. The number of hydrogen-bond acceptors (Lipinski definition) is 5. The SMILES string of the molecule is COc1cccc(OCC(=O)N2CC[NH+](CCN3C(=O)c4cccc5cccc(c45)C3=O)CC2)c1. The zero-order chi connectivity index (χ0) is 24.4. The summed E-state index contributed by atoms with van der Waals surface area (Å²) in [5.41, 5.74) is 1.17. The molecule has 0 radical (unpaired) electrons. The van der Waals surface area contributed by atoms with Gasteiger partial charge in [0.05, 0.1) is 46.4 Å². The monoisotopic (exact) mass is 474 g/mol. The number of carbonyl (C=O) groups is 3. The molecule has 8 heteroatoms. The van der Waals surface area contributed by atoms with Crippen LogP contribution in [0, 0.1) is 0 Å². The van der Waals surface area contributed by atoms with Crippen LogP contribution >= 0.6 is 0 Å².